The minimum absolute atomic E-state index is 0.210. The highest BCUT2D eigenvalue weighted by molar-refractivity contribution is 5.96. The third kappa shape index (κ3) is 8.10. The fourth-order valence-corrected chi connectivity index (χ4v) is 2.77. The van der Waals surface area contributed by atoms with Crippen LogP contribution in [0.2, 0.25) is 0 Å². The predicted molar refractivity (Wildman–Crippen MR) is 107 cm³/mol. The standard InChI is InChI=1S/C21H26N4O4/c26-19(25-29)13-6-2-5-12-18(24-21(28)17-11-7-8-14-22-17)20(27)23-15-16-9-3-1-4-10-16/h1,3-4,7-11,14,18,29H,2,5-6,12-13,15H2,(H,23,27)(H,24,28)(H,25,26)/t18-/m0/s1. The summed E-state index contributed by atoms with van der Waals surface area (Å²) in [6.45, 7) is 0.367. The number of pyridine rings is 1. The Bertz CT molecular complexity index is 784. The SMILES string of the molecule is O=C(CCCCC[C@H](NC(=O)c1ccccn1)C(=O)NCc1ccccc1)NO. The highest BCUT2D eigenvalue weighted by Crippen LogP contribution is 2.08. The summed E-state index contributed by atoms with van der Waals surface area (Å²) in [5.74, 6) is -1.12. The lowest BCUT2D eigenvalue weighted by Gasteiger charge is -2.18. The molecule has 0 radical (unpaired) electrons. The molecule has 0 fully saturated rings. The van der Waals surface area contributed by atoms with E-state index in [0.717, 1.165) is 5.56 Å². The second-order valence-corrected chi connectivity index (χ2v) is 6.58. The molecule has 1 atom stereocenters. The molecule has 0 bridgehead atoms. The Morgan fingerprint density at radius 2 is 1.72 bits per heavy atom. The molecule has 0 aliphatic rings. The second kappa shape index (κ2) is 12.2. The van der Waals surface area contributed by atoms with Crippen LogP contribution in [0.15, 0.2) is 54.7 Å². The zero-order valence-electron chi connectivity index (χ0n) is 16.1. The van der Waals surface area contributed by atoms with Crippen LogP contribution in [0.3, 0.4) is 0 Å². The van der Waals surface area contributed by atoms with E-state index in [-0.39, 0.29) is 18.0 Å². The van der Waals surface area contributed by atoms with Gasteiger partial charge in [-0.05, 0) is 30.5 Å². The van der Waals surface area contributed by atoms with Crippen LogP contribution in [-0.2, 0) is 16.1 Å². The van der Waals surface area contributed by atoms with Crippen molar-refractivity contribution in [2.24, 2.45) is 0 Å². The van der Waals surface area contributed by atoms with Crippen LogP contribution in [0, 0.1) is 0 Å². The van der Waals surface area contributed by atoms with Crippen molar-refractivity contribution in [1.29, 1.82) is 0 Å². The molecule has 1 aromatic heterocycles. The van der Waals surface area contributed by atoms with Gasteiger partial charge in [0.1, 0.15) is 11.7 Å². The molecule has 8 heteroatoms. The molecule has 1 heterocycles. The molecule has 0 aliphatic carbocycles. The van der Waals surface area contributed by atoms with E-state index in [1.807, 2.05) is 30.3 Å². The summed E-state index contributed by atoms with van der Waals surface area (Å²) in [5, 5.41) is 14.1. The van der Waals surface area contributed by atoms with E-state index in [0.29, 0.717) is 32.2 Å². The van der Waals surface area contributed by atoms with E-state index in [4.69, 9.17) is 5.21 Å². The van der Waals surface area contributed by atoms with Crippen molar-refractivity contribution in [3.05, 3.63) is 66.0 Å². The van der Waals surface area contributed by atoms with E-state index < -0.39 is 17.9 Å². The zero-order chi connectivity index (χ0) is 20.9. The highest BCUT2D eigenvalue weighted by atomic mass is 16.5. The molecular weight excluding hydrogens is 372 g/mol. The van der Waals surface area contributed by atoms with Gasteiger partial charge in [-0.2, -0.15) is 0 Å². The Labute approximate surface area is 169 Å². The highest BCUT2D eigenvalue weighted by Gasteiger charge is 2.21. The van der Waals surface area contributed by atoms with Gasteiger partial charge in [0, 0.05) is 19.2 Å². The number of hydroxylamine groups is 1. The van der Waals surface area contributed by atoms with Gasteiger partial charge in [0.05, 0.1) is 0 Å². The van der Waals surface area contributed by atoms with Crippen LogP contribution in [0.4, 0.5) is 0 Å². The largest absolute Gasteiger partial charge is 0.350 e. The predicted octanol–water partition coefficient (Wildman–Crippen LogP) is 1.95. The molecule has 4 N–H and O–H groups in total. The van der Waals surface area contributed by atoms with Crippen molar-refractivity contribution in [2.75, 3.05) is 0 Å². The van der Waals surface area contributed by atoms with Crippen LogP contribution in [0.5, 0.6) is 0 Å². The van der Waals surface area contributed by atoms with Crippen molar-refractivity contribution < 1.29 is 19.6 Å². The molecule has 0 saturated heterocycles. The average molecular weight is 398 g/mol. The summed E-state index contributed by atoms with van der Waals surface area (Å²) in [6.07, 6.45) is 4.08. The average Bonchev–Trinajstić information content (AvgIpc) is 2.77. The maximum Gasteiger partial charge on any atom is 0.270 e. The molecule has 1 aromatic carbocycles. The second-order valence-electron chi connectivity index (χ2n) is 6.58. The number of unbranched alkanes of at least 4 members (excludes halogenated alkanes) is 2. The van der Waals surface area contributed by atoms with Gasteiger partial charge < -0.3 is 10.6 Å². The maximum absolute atomic E-state index is 12.7. The zero-order valence-corrected chi connectivity index (χ0v) is 16.1. The van der Waals surface area contributed by atoms with Crippen molar-refractivity contribution in [3.63, 3.8) is 0 Å². The first-order valence-electron chi connectivity index (χ1n) is 9.56. The first kappa shape index (κ1) is 22.0. The van der Waals surface area contributed by atoms with E-state index in [2.05, 4.69) is 15.6 Å². The summed E-state index contributed by atoms with van der Waals surface area (Å²) in [4.78, 5) is 40.1. The molecule has 3 amide bonds. The normalized spacial score (nSPS) is 11.3. The van der Waals surface area contributed by atoms with Crippen molar-refractivity contribution in [2.45, 2.75) is 44.7 Å². The first-order valence-corrected chi connectivity index (χ1v) is 9.56. The van der Waals surface area contributed by atoms with Crippen LogP contribution >= 0.6 is 0 Å². The quantitative estimate of drug-likeness (QED) is 0.262. The van der Waals surface area contributed by atoms with Gasteiger partial charge in [0.2, 0.25) is 11.8 Å². The van der Waals surface area contributed by atoms with Gasteiger partial charge in [-0.25, -0.2) is 5.48 Å². The third-order valence-electron chi connectivity index (χ3n) is 4.35. The van der Waals surface area contributed by atoms with E-state index in [1.54, 1.807) is 23.7 Å². The van der Waals surface area contributed by atoms with E-state index in [1.165, 1.54) is 6.20 Å². The molecule has 29 heavy (non-hydrogen) atoms. The Balaban J connectivity index is 1.91. The topological polar surface area (TPSA) is 120 Å². The Kier molecular flexibility index (Phi) is 9.31. The number of rotatable bonds is 11. The minimum atomic E-state index is -0.708. The van der Waals surface area contributed by atoms with Gasteiger partial charge in [0.25, 0.3) is 5.91 Å². The molecule has 0 unspecified atom stereocenters. The number of nitrogens with one attached hydrogen (secondary N) is 3. The van der Waals surface area contributed by atoms with Crippen LogP contribution in [0.1, 0.15) is 48.2 Å². The Morgan fingerprint density at radius 3 is 2.41 bits per heavy atom. The van der Waals surface area contributed by atoms with Crippen LogP contribution in [0.25, 0.3) is 0 Å². The molecule has 2 rings (SSSR count). The number of aromatic nitrogens is 1. The fraction of sp³-hybridized carbons (Fsp3) is 0.333. The molecule has 154 valence electrons. The number of hydrogen-bond acceptors (Lipinski definition) is 5. The van der Waals surface area contributed by atoms with Gasteiger partial charge in [0.15, 0.2) is 0 Å². The molecule has 8 nitrogen and oxygen atoms in total. The number of amides is 3. The molecule has 0 aliphatic heterocycles. The van der Waals surface area contributed by atoms with Gasteiger partial charge in [-0.3, -0.25) is 24.6 Å². The summed E-state index contributed by atoms with van der Waals surface area (Å²) in [6, 6.07) is 13.8. The molecule has 0 saturated carbocycles. The summed E-state index contributed by atoms with van der Waals surface area (Å²) in [7, 11) is 0. The third-order valence-corrected chi connectivity index (χ3v) is 4.35. The number of benzene rings is 1. The fourth-order valence-electron chi connectivity index (χ4n) is 2.77. The smallest absolute Gasteiger partial charge is 0.270 e. The van der Waals surface area contributed by atoms with Crippen molar-refractivity contribution in [3.8, 4) is 0 Å². The number of carbonyl (C=O) groups excluding carboxylic acids is 3. The van der Waals surface area contributed by atoms with Crippen LogP contribution < -0.4 is 16.1 Å². The van der Waals surface area contributed by atoms with E-state index in [9.17, 15) is 14.4 Å². The van der Waals surface area contributed by atoms with Crippen LogP contribution in [-0.4, -0.2) is 34.0 Å². The number of nitrogens with zero attached hydrogens (tertiary/aromatic N) is 1. The Hall–Kier alpha value is -3.26. The number of carbonyl (C=O) groups is 3. The summed E-state index contributed by atoms with van der Waals surface area (Å²) >= 11 is 0. The number of hydrogen-bond donors (Lipinski definition) is 4. The molecule has 2 aromatic rings. The molecule has 0 spiro atoms. The maximum atomic E-state index is 12.7. The lowest BCUT2D eigenvalue weighted by Crippen LogP contribution is -2.46. The van der Waals surface area contributed by atoms with Crippen molar-refractivity contribution >= 4 is 17.7 Å². The monoisotopic (exact) mass is 398 g/mol. The van der Waals surface area contributed by atoms with Gasteiger partial charge in [-0.1, -0.05) is 49.2 Å². The first-order chi connectivity index (χ1) is 14.1. The summed E-state index contributed by atoms with van der Waals surface area (Å²) < 4.78 is 0. The lowest BCUT2D eigenvalue weighted by atomic mass is 10.1. The van der Waals surface area contributed by atoms with Crippen molar-refractivity contribution in [1.82, 2.24) is 21.1 Å². The summed E-state index contributed by atoms with van der Waals surface area (Å²) in [5.41, 5.74) is 2.80. The Morgan fingerprint density at radius 1 is 0.966 bits per heavy atom. The molecular formula is C21H26N4O4. The van der Waals surface area contributed by atoms with Gasteiger partial charge >= 0.3 is 0 Å². The minimum Gasteiger partial charge on any atom is -0.350 e. The lowest BCUT2D eigenvalue weighted by molar-refractivity contribution is -0.129. The van der Waals surface area contributed by atoms with E-state index >= 15 is 0 Å². The van der Waals surface area contributed by atoms with Gasteiger partial charge in [-0.15, -0.1) is 0 Å².